The second kappa shape index (κ2) is 7.62. The van der Waals surface area contributed by atoms with Crippen LogP contribution in [0.4, 0.5) is 5.95 Å². The van der Waals surface area contributed by atoms with Crippen LogP contribution in [0.3, 0.4) is 0 Å². The van der Waals surface area contributed by atoms with Gasteiger partial charge in [0, 0.05) is 28.8 Å². The quantitative estimate of drug-likeness (QED) is 0.817. The van der Waals surface area contributed by atoms with E-state index in [2.05, 4.69) is 20.2 Å². The molecule has 1 N–H and O–H groups in total. The molecule has 0 radical (unpaired) electrons. The fraction of sp³-hybridized carbons (Fsp3) is 0.389. The van der Waals surface area contributed by atoms with Crippen LogP contribution in [-0.2, 0) is 0 Å². The van der Waals surface area contributed by atoms with E-state index in [1.54, 1.807) is 11.8 Å². The molecule has 2 aliphatic heterocycles. The lowest BCUT2D eigenvalue weighted by molar-refractivity contribution is 0.0930. The summed E-state index contributed by atoms with van der Waals surface area (Å²) < 4.78 is 0. The van der Waals surface area contributed by atoms with Crippen molar-refractivity contribution >= 4 is 46.8 Å². The third-order valence-corrected chi connectivity index (χ3v) is 6.29. The predicted octanol–water partition coefficient (Wildman–Crippen LogP) is 4.35. The minimum Gasteiger partial charge on any atom is -0.344 e. The second-order valence-electron chi connectivity index (χ2n) is 6.41. The first kappa shape index (κ1) is 17.9. The van der Waals surface area contributed by atoms with Crippen molar-refractivity contribution in [2.45, 2.75) is 30.2 Å². The van der Waals surface area contributed by atoms with Gasteiger partial charge in [-0.15, -0.1) is 11.8 Å². The molecule has 4 rings (SSSR count). The minimum absolute atomic E-state index is 0.0984. The van der Waals surface area contributed by atoms with E-state index in [0.717, 1.165) is 48.6 Å². The zero-order chi connectivity index (χ0) is 18.1. The van der Waals surface area contributed by atoms with Crippen LogP contribution in [0.1, 0.15) is 41.4 Å². The maximum absolute atomic E-state index is 12.9. The molecule has 2 aliphatic rings. The first-order chi connectivity index (χ1) is 12.6. The van der Waals surface area contributed by atoms with Gasteiger partial charge in [0.2, 0.25) is 5.95 Å². The van der Waals surface area contributed by atoms with E-state index in [4.69, 9.17) is 23.2 Å². The van der Waals surface area contributed by atoms with Crippen LogP contribution in [0.2, 0.25) is 10.0 Å². The SMILES string of the molecule is O=C(N[C@H]1CCSc2ccc(Cl)cc21)c1nc(N2CCCC2)ncc1Cl. The maximum Gasteiger partial charge on any atom is 0.272 e. The zero-order valence-electron chi connectivity index (χ0n) is 14.0. The van der Waals surface area contributed by atoms with Crippen LogP contribution in [-0.4, -0.2) is 34.7 Å². The summed E-state index contributed by atoms with van der Waals surface area (Å²) in [6, 6.07) is 5.70. The van der Waals surface area contributed by atoms with Crippen LogP contribution in [0.15, 0.2) is 29.3 Å². The number of carbonyl (C=O) groups is 1. The molecule has 0 unspecified atom stereocenters. The van der Waals surface area contributed by atoms with Crippen molar-refractivity contribution in [2.75, 3.05) is 23.7 Å². The van der Waals surface area contributed by atoms with Gasteiger partial charge in [0.1, 0.15) is 0 Å². The highest BCUT2D eigenvalue weighted by Crippen LogP contribution is 2.37. The Kier molecular flexibility index (Phi) is 5.25. The van der Waals surface area contributed by atoms with Gasteiger partial charge in [-0.2, -0.15) is 0 Å². The van der Waals surface area contributed by atoms with Gasteiger partial charge < -0.3 is 10.2 Å². The molecule has 1 aromatic heterocycles. The van der Waals surface area contributed by atoms with Gasteiger partial charge in [-0.3, -0.25) is 4.79 Å². The van der Waals surface area contributed by atoms with Gasteiger partial charge >= 0.3 is 0 Å². The Morgan fingerprint density at radius 3 is 2.88 bits per heavy atom. The molecule has 3 heterocycles. The molecular formula is C18H18Cl2N4OS. The Morgan fingerprint density at radius 1 is 1.27 bits per heavy atom. The molecule has 1 atom stereocenters. The molecular weight excluding hydrogens is 391 g/mol. The number of nitrogens with one attached hydrogen (secondary N) is 1. The average Bonchev–Trinajstić information content (AvgIpc) is 3.17. The third kappa shape index (κ3) is 3.63. The lowest BCUT2D eigenvalue weighted by Gasteiger charge is -2.26. The third-order valence-electron chi connectivity index (χ3n) is 4.65. The standard InChI is InChI=1S/C18H18Cl2N4OS/c19-11-3-4-15-12(9-11)14(5-8-26-15)22-17(25)16-13(20)10-21-18(23-16)24-6-1-2-7-24/h3-4,9-10,14H,1-2,5-8H2,(H,22,25)/t14-/m0/s1. The molecule has 1 amide bonds. The highest BCUT2D eigenvalue weighted by atomic mass is 35.5. The molecule has 136 valence electrons. The van der Waals surface area contributed by atoms with Crippen LogP contribution in [0, 0.1) is 0 Å². The van der Waals surface area contributed by atoms with Crippen molar-refractivity contribution in [3.63, 3.8) is 0 Å². The molecule has 0 bridgehead atoms. The van der Waals surface area contributed by atoms with E-state index in [0.29, 0.717) is 11.0 Å². The Hall–Kier alpha value is -1.50. The maximum atomic E-state index is 12.9. The van der Waals surface area contributed by atoms with Crippen LogP contribution < -0.4 is 10.2 Å². The van der Waals surface area contributed by atoms with Gasteiger partial charge in [-0.1, -0.05) is 23.2 Å². The first-order valence-electron chi connectivity index (χ1n) is 8.62. The molecule has 1 fully saturated rings. The number of halogens is 2. The number of nitrogens with zero attached hydrogens (tertiary/aromatic N) is 3. The number of aromatic nitrogens is 2. The molecule has 0 spiro atoms. The summed E-state index contributed by atoms with van der Waals surface area (Å²) >= 11 is 14.1. The predicted molar refractivity (Wildman–Crippen MR) is 105 cm³/mol. The van der Waals surface area contributed by atoms with Crippen LogP contribution in [0.25, 0.3) is 0 Å². The largest absolute Gasteiger partial charge is 0.344 e. The number of hydrogen-bond donors (Lipinski definition) is 1. The summed E-state index contributed by atoms with van der Waals surface area (Å²) in [7, 11) is 0. The Morgan fingerprint density at radius 2 is 2.08 bits per heavy atom. The first-order valence-corrected chi connectivity index (χ1v) is 10.4. The molecule has 1 aromatic carbocycles. The average molecular weight is 409 g/mol. The summed E-state index contributed by atoms with van der Waals surface area (Å²) in [4.78, 5) is 24.8. The van der Waals surface area contributed by atoms with Gasteiger partial charge in [0.15, 0.2) is 5.69 Å². The Bertz CT molecular complexity index is 842. The normalized spacial score (nSPS) is 19.3. The molecule has 8 heteroatoms. The number of fused-ring (bicyclic) bond motifs is 1. The zero-order valence-corrected chi connectivity index (χ0v) is 16.4. The van der Waals surface area contributed by atoms with Crippen LogP contribution >= 0.6 is 35.0 Å². The summed E-state index contributed by atoms with van der Waals surface area (Å²) in [5.74, 6) is 1.23. The summed E-state index contributed by atoms with van der Waals surface area (Å²) in [5, 5.41) is 4.01. The summed E-state index contributed by atoms with van der Waals surface area (Å²) in [5.41, 5.74) is 1.28. The van der Waals surface area contributed by atoms with Gasteiger partial charge in [0.25, 0.3) is 5.91 Å². The Labute approximate surface area is 166 Å². The number of amides is 1. The van der Waals surface area contributed by atoms with E-state index < -0.39 is 0 Å². The summed E-state index contributed by atoms with van der Waals surface area (Å²) in [6.45, 7) is 1.82. The monoisotopic (exact) mass is 408 g/mol. The Balaban J connectivity index is 1.57. The van der Waals surface area contributed by atoms with Crippen molar-refractivity contribution in [1.82, 2.24) is 15.3 Å². The van der Waals surface area contributed by atoms with E-state index >= 15 is 0 Å². The fourth-order valence-corrected chi connectivity index (χ4v) is 4.79. The number of benzene rings is 1. The number of hydrogen-bond acceptors (Lipinski definition) is 5. The molecule has 5 nitrogen and oxygen atoms in total. The number of rotatable bonds is 3. The highest BCUT2D eigenvalue weighted by Gasteiger charge is 2.25. The van der Waals surface area contributed by atoms with E-state index in [1.165, 1.54) is 6.20 Å². The number of thioether (sulfide) groups is 1. The topological polar surface area (TPSA) is 58.1 Å². The van der Waals surface area contributed by atoms with Gasteiger partial charge in [-0.05, 0) is 43.0 Å². The summed E-state index contributed by atoms with van der Waals surface area (Å²) in [6.07, 6.45) is 4.58. The minimum atomic E-state index is -0.277. The number of carbonyl (C=O) groups excluding carboxylic acids is 1. The van der Waals surface area contributed by atoms with Crippen molar-refractivity contribution in [1.29, 1.82) is 0 Å². The fourth-order valence-electron chi connectivity index (χ4n) is 3.33. The van der Waals surface area contributed by atoms with Crippen LogP contribution in [0.5, 0.6) is 0 Å². The van der Waals surface area contributed by atoms with Crippen molar-refractivity contribution in [2.24, 2.45) is 0 Å². The van der Waals surface area contributed by atoms with E-state index in [-0.39, 0.29) is 22.7 Å². The van der Waals surface area contributed by atoms with Gasteiger partial charge in [-0.25, -0.2) is 9.97 Å². The molecule has 0 aliphatic carbocycles. The molecule has 26 heavy (non-hydrogen) atoms. The second-order valence-corrected chi connectivity index (χ2v) is 8.39. The van der Waals surface area contributed by atoms with Gasteiger partial charge in [0.05, 0.1) is 17.3 Å². The number of anilines is 1. The molecule has 2 aromatic rings. The molecule has 1 saturated heterocycles. The van der Waals surface area contributed by atoms with Crippen molar-refractivity contribution in [3.8, 4) is 0 Å². The highest BCUT2D eigenvalue weighted by molar-refractivity contribution is 7.99. The molecule has 0 saturated carbocycles. The lowest BCUT2D eigenvalue weighted by Crippen LogP contribution is -2.32. The van der Waals surface area contributed by atoms with Crippen molar-refractivity contribution in [3.05, 3.63) is 45.7 Å². The van der Waals surface area contributed by atoms with E-state index in [9.17, 15) is 4.79 Å². The lowest BCUT2D eigenvalue weighted by atomic mass is 10.0. The smallest absolute Gasteiger partial charge is 0.272 e. The van der Waals surface area contributed by atoms with Crippen molar-refractivity contribution < 1.29 is 4.79 Å². The van der Waals surface area contributed by atoms with E-state index in [1.807, 2.05) is 18.2 Å².